The van der Waals surface area contributed by atoms with Crippen molar-refractivity contribution in [3.05, 3.63) is 12.2 Å². The molecule has 2 rings (SSSR count). The molecule has 1 nitrogen and oxygen atoms in total. The molecule has 0 atom stereocenters. The summed E-state index contributed by atoms with van der Waals surface area (Å²) in [5, 5.41) is 0. The fourth-order valence-electron chi connectivity index (χ4n) is 3.65. The molecule has 17 heavy (non-hydrogen) atoms. The SMILES string of the molecule is C/C=C/CN(C1CCCCC1)C1CCCCC1. The third kappa shape index (κ3) is 3.84. The minimum atomic E-state index is 0.892. The van der Waals surface area contributed by atoms with E-state index in [9.17, 15) is 0 Å². The topological polar surface area (TPSA) is 3.24 Å². The molecule has 0 N–H and O–H groups in total. The first-order valence-electron chi connectivity index (χ1n) is 7.78. The van der Waals surface area contributed by atoms with Crippen molar-refractivity contribution in [1.29, 1.82) is 0 Å². The normalized spacial score (nSPS) is 24.8. The highest BCUT2D eigenvalue weighted by molar-refractivity contribution is 4.90. The molecule has 0 aromatic heterocycles. The van der Waals surface area contributed by atoms with Gasteiger partial charge in [0.2, 0.25) is 0 Å². The van der Waals surface area contributed by atoms with Gasteiger partial charge in [-0.3, -0.25) is 4.90 Å². The Morgan fingerprint density at radius 1 is 0.824 bits per heavy atom. The van der Waals surface area contributed by atoms with Crippen molar-refractivity contribution in [2.45, 2.75) is 83.2 Å². The predicted octanol–water partition coefficient (Wildman–Crippen LogP) is 4.53. The first kappa shape index (κ1) is 13.1. The number of rotatable bonds is 4. The Labute approximate surface area is 107 Å². The lowest BCUT2D eigenvalue weighted by atomic mass is 9.88. The molecular weight excluding hydrogens is 206 g/mol. The summed E-state index contributed by atoms with van der Waals surface area (Å²) in [6.45, 7) is 3.35. The highest BCUT2D eigenvalue weighted by Gasteiger charge is 2.27. The Bertz CT molecular complexity index is 204. The summed E-state index contributed by atoms with van der Waals surface area (Å²) in [5.74, 6) is 0. The van der Waals surface area contributed by atoms with E-state index in [2.05, 4.69) is 24.0 Å². The number of hydrogen-bond acceptors (Lipinski definition) is 1. The maximum absolute atomic E-state index is 2.85. The van der Waals surface area contributed by atoms with E-state index < -0.39 is 0 Å². The van der Waals surface area contributed by atoms with Crippen molar-refractivity contribution >= 4 is 0 Å². The molecular formula is C16H29N. The zero-order valence-electron chi connectivity index (χ0n) is 11.5. The van der Waals surface area contributed by atoms with Crippen LogP contribution in [0, 0.1) is 0 Å². The maximum Gasteiger partial charge on any atom is 0.0168 e. The second kappa shape index (κ2) is 7.20. The third-order valence-electron chi connectivity index (χ3n) is 4.64. The lowest BCUT2D eigenvalue weighted by molar-refractivity contribution is 0.0939. The zero-order chi connectivity index (χ0) is 11.9. The summed E-state index contributed by atoms with van der Waals surface area (Å²) in [7, 11) is 0. The maximum atomic E-state index is 2.85. The molecule has 0 amide bonds. The van der Waals surface area contributed by atoms with Crippen LogP contribution in [0.4, 0.5) is 0 Å². The van der Waals surface area contributed by atoms with Crippen molar-refractivity contribution in [2.24, 2.45) is 0 Å². The third-order valence-corrected chi connectivity index (χ3v) is 4.64. The highest BCUT2D eigenvalue weighted by Crippen LogP contribution is 2.29. The molecule has 0 aromatic rings. The lowest BCUT2D eigenvalue weighted by Gasteiger charge is -2.41. The predicted molar refractivity (Wildman–Crippen MR) is 75.3 cm³/mol. The van der Waals surface area contributed by atoms with Crippen LogP contribution >= 0.6 is 0 Å². The van der Waals surface area contributed by atoms with Crippen molar-refractivity contribution in [2.75, 3.05) is 6.54 Å². The van der Waals surface area contributed by atoms with Crippen molar-refractivity contribution in [1.82, 2.24) is 4.90 Å². The van der Waals surface area contributed by atoms with Crippen LogP contribution in [0.25, 0.3) is 0 Å². The van der Waals surface area contributed by atoms with Crippen LogP contribution in [0.3, 0.4) is 0 Å². The highest BCUT2D eigenvalue weighted by atomic mass is 15.2. The zero-order valence-corrected chi connectivity index (χ0v) is 11.5. The van der Waals surface area contributed by atoms with Gasteiger partial charge in [-0.2, -0.15) is 0 Å². The van der Waals surface area contributed by atoms with E-state index in [0.717, 1.165) is 12.1 Å². The minimum Gasteiger partial charge on any atom is -0.294 e. The quantitative estimate of drug-likeness (QED) is 0.647. The number of hydrogen-bond donors (Lipinski definition) is 0. The molecule has 0 radical (unpaired) electrons. The molecule has 98 valence electrons. The Morgan fingerprint density at radius 3 is 1.71 bits per heavy atom. The van der Waals surface area contributed by atoms with E-state index in [4.69, 9.17) is 0 Å². The summed E-state index contributed by atoms with van der Waals surface area (Å²) in [6.07, 6.45) is 19.2. The first-order valence-corrected chi connectivity index (χ1v) is 7.78. The van der Waals surface area contributed by atoms with Crippen LogP contribution in [0.15, 0.2) is 12.2 Å². The molecule has 0 spiro atoms. The van der Waals surface area contributed by atoms with E-state index in [1.54, 1.807) is 0 Å². The van der Waals surface area contributed by atoms with Crippen LogP contribution in [0.5, 0.6) is 0 Å². The molecule has 2 saturated carbocycles. The van der Waals surface area contributed by atoms with Crippen molar-refractivity contribution in [3.8, 4) is 0 Å². The van der Waals surface area contributed by atoms with Gasteiger partial charge in [-0.05, 0) is 32.6 Å². The Balaban J connectivity index is 1.94. The molecule has 0 aromatic carbocycles. The molecule has 2 fully saturated rings. The smallest absolute Gasteiger partial charge is 0.0168 e. The Hall–Kier alpha value is -0.300. The van der Waals surface area contributed by atoms with E-state index in [-0.39, 0.29) is 0 Å². The van der Waals surface area contributed by atoms with Gasteiger partial charge in [-0.15, -0.1) is 0 Å². The molecule has 0 aliphatic heterocycles. The summed E-state index contributed by atoms with van der Waals surface area (Å²) < 4.78 is 0. The summed E-state index contributed by atoms with van der Waals surface area (Å²) in [6, 6.07) is 1.78. The molecule has 2 aliphatic rings. The largest absolute Gasteiger partial charge is 0.294 e. The van der Waals surface area contributed by atoms with Gasteiger partial charge in [0.05, 0.1) is 0 Å². The van der Waals surface area contributed by atoms with Crippen LogP contribution in [0.1, 0.15) is 71.1 Å². The van der Waals surface area contributed by atoms with Gasteiger partial charge in [0.1, 0.15) is 0 Å². The fraction of sp³-hybridized carbons (Fsp3) is 0.875. The van der Waals surface area contributed by atoms with Gasteiger partial charge in [0, 0.05) is 18.6 Å². The number of allylic oxidation sites excluding steroid dienone is 1. The molecule has 1 heteroatoms. The molecule has 0 heterocycles. The molecule has 0 bridgehead atoms. The van der Waals surface area contributed by atoms with Gasteiger partial charge in [-0.1, -0.05) is 50.7 Å². The first-order chi connectivity index (χ1) is 8.42. The van der Waals surface area contributed by atoms with Gasteiger partial charge < -0.3 is 0 Å². The van der Waals surface area contributed by atoms with Gasteiger partial charge in [0.15, 0.2) is 0 Å². The Kier molecular flexibility index (Phi) is 5.57. The van der Waals surface area contributed by atoms with Crippen LogP contribution in [-0.4, -0.2) is 23.5 Å². The summed E-state index contributed by atoms with van der Waals surface area (Å²) in [4.78, 5) is 2.85. The van der Waals surface area contributed by atoms with Gasteiger partial charge in [-0.25, -0.2) is 0 Å². The van der Waals surface area contributed by atoms with Crippen molar-refractivity contribution in [3.63, 3.8) is 0 Å². The Morgan fingerprint density at radius 2 is 1.29 bits per heavy atom. The van der Waals surface area contributed by atoms with Crippen LogP contribution in [0.2, 0.25) is 0 Å². The van der Waals surface area contributed by atoms with Crippen LogP contribution < -0.4 is 0 Å². The van der Waals surface area contributed by atoms with Gasteiger partial charge in [0.25, 0.3) is 0 Å². The standard InChI is InChI=1S/C16H29N/c1-2-3-14-17(15-10-6-4-7-11-15)16-12-8-5-9-13-16/h2-3,15-16H,4-14H2,1H3/b3-2+. The average Bonchev–Trinajstić information content (AvgIpc) is 2.42. The molecule has 0 unspecified atom stereocenters. The van der Waals surface area contributed by atoms with Crippen LogP contribution in [-0.2, 0) is 0 Å². The second-order valence-corrected chi connectivity index (χ2v) is 5.85. The van der Waals surface area contributed by atoms with E-state index in [1.807, 2.05) is 0 Å². The van der Waals surface area contributed by atoms with E-state index in [0.29, 0.717) is 0 Å². The van der Waals surface area contributed by atoms with Gasteiger partial charge >= 0.3 is 0 Å². The minimum absolute atomic E-state index is 0.892. The summed E-state index contributed by atoms with van der Waals surface area (Å²) >= 11 is 0. The molecule has 2 aliphatic carbocycles. The molecule has 0 saturated heterocycles. The average molecular weight is 235 g/mol. The fourth-order valence-corrected chi connectivity index (χ4v) is 3.65. The van der Waals surface area contributed by atoms with E-state index >= 15 is 0 Å². The second-order valence-electron chi connectivity index (χ2n) is 5.85. The van der Waals surface area contributed by atoms with Crippen molar-refractivity contribution < 1.29 is 0 Å². The monoisotopic (exact) mass is 235 g/mol. The van der Waals surface area contributed by atoms with E-state index in [1.165, 1.54) is 70.8 Å². The number of nitrogens with zero attached hydrogens (tertiary/aromatic N) is 1. The summed E-state index contributed by atoms with van der Waals surface area (Å²) in [5.41, 5.74) is 0. The lowest BCUT2D eigenvalue weighted by Crippen LogP contribution is -2.45.